The predicted octanol–water partition coefficient (Wildman–Crippen LogP) is 4.28. The van der Waals surface area contributed by atoms with Crippen molar-refractivity contribution in [2.75, 3.05) is 18.5 Å². The van der Waals surface area contributed by atoms with Crippen molar-refractivity contribution in [3.63, 3.8) is 0 Å². The Hall–Kier alpha value is -3.16. The van der Waals surface area contributed by atoms with Crippen LogP contribution in [0.4, 0.5) is 14.5 Å². The first kappa shape index (κ1) is 22.1. The van der Waals surface area contributed by atoms with Gasteiger partial charge in [-0.3, -0.25) is 4.79 Å². The minimum atomic E-state index is -3.03. The third-order valence-corrected chi connectivity index (χ3v) is 3.88. The topological polar surface area (TPSA) is 73.9 Å². The molecule has 1 N–H and O–H groups in total. The van der Waals surface area contributed by atoms with Crippen molar-refractivity contribution in [2.45, 2.75) is 33.3 Å². The molecule has 0 atom stereocenters. The second-order valence-corrected chi connectivity index (χ2v) is 6.57. The number of benzene rings is 2. The van der Waals surface area contributed by atoms with E-state index >= 15 is 0 Å². The molecule has 0 fully saturated rings. The lowest BCUT2D eigenvalue weighted by Gasteiger charge is -2.14. The Morgan fingerprint density at radius 1 is 1.03 bits per heavy atom. The normalized spacial score (nSPS) is 10.7. The van der Waals surface area contributed by atoms with Crippen molar-refractivity contribution in [3.05, 3.63) is 53.6 Å². The van der Waals surface area contributed by atoms with Crippen LogP contribution < -0.4 is 14.8 Å². The molecule has 0 aliphatic carbocycles. The summed E-state index contributed by atoms with van der Waals surface area (Å²) >= 11 is 0. The van der Waals surface area contributed by atoms with Gasteiger partial charge in [-0.1, -0.05) is 38.1 Å². The number of carbonyl (C=O) groups is 2. The number of halogens is 2. The summed E-state index contributed by atoms with van der Waals surface area (Å²) in [6.45, 7) is 1.96. The smallest absolute Gasteiger partial charge is 0.387 e. The molecule has 0 spiro atoms. The summed E-state index contributed by atoms with van der Waals surface area (Å²) in [6, 6.07) is 11.4. The first-order valence-corrected chi connectivity index (χ1v) is 8.99. The standard InChI is InChI=1S/C21H23F2NO5/c1-13(2)15-9-8-14(3)10-18(15)27-12-20(26)28-11-19(25)24-16-6-4-5-7-17(16)29-21(22)23/h4-10,13,21H,11-12H2,1-3H3,(H,24,25). The van der Waals surface area contributed by atoms with Gasteiger partial charge in [0.2, 0.25) is 0 Å². The van der Waals surface area contributed by atoms with Gasteiger partial charge in [0.1, 0.15) is 11.5 Å². The molecular weight excluding hydrogens is 384 g/mol. The highest BCUT2D eigenvalue weighted by Gasteiger charge is 2.14. The Bertz CT molecular complexity index is 855. The number of alkyl halides is 2. The fourth-order valence-electron chi connectivity index (χ4n) is 2.52. The zero-order valence-electron chi connectivity index (χ0n) is 16.4. The SMILES string of the molecule is Cc1ccc(C(C)C)c(OCC(=O)OCC(=O)Nc2ccccc2OC(F)F)c1. The number of hydrogen-bond donors (Lipinski definition) is 1. The summed E-state index contributed by atoms with van der Waals surface area (Å²) in [5, 5.41) is 2.36. The van der Waals surface area contributed by atoms with Gasteiger partial charge in [-0.25, -0.2) is 4.79 Å². The number of carbonyl (C=O) groups excluding carboxylic acids is 2. The zero-order valence-corrected chi connectivity index (χ0v) is 16.4. The number of anilines is 1. The lowest BCUT2D eigenvalue weighted by molar-refractivity contribution is -0.149. The van der Waals surface area contributed by atoms with E-state index in [4.69, 9.17) is 9.47 Å². The molecule has 156 valence electrons. The number of nitrogens with one attached hydrogen (secondary N) is 1. The first-order chi connectivity index (χ1) is 13.8. The monoisotopic (exact) mass is 407 g/mol. The van der Waals surface area contributed by atoms with Crippen molar-refractivity contribution in [1.29, 1.82) is 0 Å². The van der Waals surface area contributed by atoms with Crippen molar-refractivity contribution >= 4 is 17.6 Å². The minimum absolute atomic E-state index is 0.0476. The van der Waals surface area contributed by atoms with Crippen LogP contribution in [0.25, 0.3) is 0 Å². The summed E-state index contributed by atoms with van der Waals surface area (Å²) in [6.07, 6.45) is 0. The molecule has 0 saturated carbocycles. The van der Waals surface area contributed by atoms with Gasteiger partial charge in [0.25, 0.3) is 5.91 Å². The van der Waals surface area contributed by atoms with Crippen LogP contribution in [0, 0.1) is 6.92 Å². The van der Waals surface area contributed by atoms with Gasteiger partial charge < -0.3 is 19.5 Å². The largest absolute Gasteiger partial charge is 0.482 e. The highest BCUT2D eigenvalue weighted by molar-refractivity contribution is 5.94. The summed E-state index contributed by atoms with van der Waals surface area (Å²) in [5.74, 6) is -0.816. The molecule has 29 heavy (non-hydrogen) atoms. The number of para-hydroxylation sites is 2. The molecule has 0 saturated heterocycles. The number of ether oxygens (including phenoxy) is 3. The van der Waals surface area contributed by atoms with Crippen molar-refractivity contribution in [3.8, 4) is 11.5 Å². The minimum Gasteiger partial charge on any atom is -0.482 e. The van der Waals surface area contributed by atoms with Gasteiger partial charge in [0, 0.05) is 0 Å². The van der Waals surface area contributed by atoms with E-state index in [9.17, 15) is 18.4 Å². The number of amides is 1. The third kappa shape index (κ3) is 7.06. The second kappa shape index (κ2) is 10.4. The van der Waals surface area contributed by atoms with Gasteiger partial charge >= 0.3 is 12.6 Å². The average Bonchev–Trinajstić information content (AvgIpc) is 2.65. The molecule has 0 heterocycles. The Balaban J connectivity index is 1.86. The molecule has 2 aromatic carbocycles. The van der Waals surface area contributed by atoms with Crippen LogP contribution in [0.1, 0.15) is 30.9 Å². The van der Waals surface area contributed by atoms with E-state index in [1.165, 1.54) is 18.2 Å². The molecule has 0 bridgehead atoms. The second-order valence-electron chi connectivity index (χ2n) is 6.57. The molecule has 0 aliphatic rings. The molecule has 1 amide bonds. The van der Waals surface area contributed by atoms with E-state index in [0.29, 0.717) is 5.75 Å². The highest BCUT2D eigenvalue weighted by atomic mass is 19.3. The average molecular weight is 407 g/mol. The quantitative estimate of drug-likeness (QED) is 0.628. The molecular formula is C21H23F2NO5. The molecule has 2 rings (SSSR count). The lowest BCUT2D eigenvalue weighted by Crippen LogP contribution is -2.24. The molecule has 8 heteroatoms. The zero-order chi connectivity index (χ0) is 21.4. The van der Waals surface area contributed by atoms with Gasteiger partial charge in [-0.05, 0) is 42.2 Å². The maximum absolute atomic E-state index is 12.4. The summed E-state index contributed by atoms with van der Waals surface area (Å²) < 4.78 is 39.6. The maximum Gasteiger partial charge on any atom is 0.387 e. The molecule has 0 unspecified atom stereocenters. The van der Waals surface area contributed by atoms with Crippen LogP contribution >= 0.6 is 0 Å². The third-order valence-electron chi connectivity index (χ3n) is 3.88. The van der Waals surface area contributed by atoms with E-state index in [1.54, 1.807) is 6.07 Å². The van der Waals surface area contributed by atoms with Crippen molar-refractivity contribution in [1.82, 2.24) is 0 Å². The number of rotatable bonds is 9. The van der Waals surface area contributed by atoms with Gasteiger partial charge in [-0.2, -0.15) is 8.78 Å². The summed E-state index contributed by atoms with van der Waals surface area (Å²) in [7, 11) is 0. The number of aryl methyl sites for hydroxylation is 1. The number of esters is 1. The van der Waals surface area contributed by atoms with Crippen LogP contribution in [0.15, 0.2) is 42.5 Å². The molecule has 2 aromatic rings. The molecule has 6 nitrogen and oxygen atoms in total. The molecule has 0 aromatic heterocycles. The first-order valence-electron chi connectivity index (χ1n) is 8.99. The van der Waals surface area contributed by atoms with Crippen LogP contribution in [0.2, 0.25) is 0 Å². The molecule has 0 aliphatic heterocycles. The highest BCUT2D eigenvalue weighted by Crippen LogP contribution is 2.27. The summed E-state index contributed by atoms with van der Waals surface area (Å²) in [5.41, 5.74) is 1.99. The van der Waals surface area contributed by atoms with E-state index in [1.807, 2.05) is 39.0 Å². The van der Waals surface area contributed by atoms with Gasteiger partial charge in [-0.15, -0.1) is 0 Å². The van der Waals surface area contributed by atoms with E-state index in [-0.39, 0.29) is 24.0 Å². The van der Waals surface area contributed by atoms with Crippen LogP contribution in [0.5, 0.6) is 11.5 Å². The fraction of sp³-hybridized carbons (Fsp3) is 0.333. The predicted molar refractivity (Wildman–Crippen MR) is 103 cm³/mol. The van der Waals surface area contributed by atoms with E-state index in [0.717, 1.165) is 11.1 Å². The van der Waals surface area contributed by atoms with Gasteiger partial charge in [0.15, 0.2) is 13.2 Å². The summed E-state index contributed by atoms with van der Waals surface area (Å²) in [4.78, 5) is 23.8. The molecule has 0 radical (unpaired) electrons. The Kier molecular flexibility index (Phi) is 7.94. The van der Waals surface area contributed by atoms with Crippen molar-refractivity contribution < 1.29 is 32.6 Å². The lowest BCUT2D eigenvalue weighted by atomic mass is 10.0. The van der Waals surface area contributed by atoms with Crippen LogP contribution in [0.3, 0.4) is 0 Å². The van der Waals surface area contributed by atoms with E-state index in [2.05, 4.69) is 10.1 Å². The fourth-order valence-corrected chi connectivity index (χ4v) is 2.52. The Morgan fingerprint density at radius 2 is 1.76 bits per heavy atom. The number of hydrogen-bond acceptors (Lipinski definition) is 5. The van der Waals surface area contributed by atoms with Crippen LogP contribution in [-0.4, -0.2) is 31.7 Å². The Labute approximate surface area is 167 Å². The van der Waals surface area contributed by atoms with Gasteiger partial charge in [0.05, 0.1) is 5.69 Å². The van der Waals surface area contributed by atoms with Crippen molar-refractivity contribution in [2.24, 2.45) is 0 Å². The van der Waals surface area contributed by atoms with E-state index < -0.39 is 25.1 Å². The Morgan fingerprint density at radius 3 is 2.45 bits per heavy atom. The maximum atomic E-state index is 12.4. The van der Waals surface area contributed by atoms with Crippen LogP contribution in [-0.2, 0) is 14.3 Å².